The van der Waals surface area contributed by atoms with Crippen molar-refractivity contribution in [3.05, 3.63) is 59.7 Å². The fourth-order valence-corrected chi connectivity index (χ4v) is 2.13. The van der Waals surface area contributed by atoms with Crippen LogP contribution in [-0.4, -0.2) is 38.2 Å². The molecule has 0 bridgehead atoms. The highest BCUT2D eigenvalue weighted by Crippen LogP contribution is 2.28. The normalized spacial score (nSPS) is 14.1. The van der Waals surface area contributed by atoms with E-state index in [1.54, 1.807) is 30.4 Å². The SMILES string of the molecule is OC[C@@H](O)[C@@H](/C=C/c1ccc(O)c(O)c1)c1ccc(O)cc1. The van der Waals surface area contributed by atoms with Gasteiger partial charge in [0.25, 0.3) is 0 Å². The van der Waals surface area contributed by atoms with Gasteiger partial charge in [0.15, 0.2) is 11.5 Å². The Balaban J connectivity index is 2.27. The number of benzene rings is 2. The monoisotopic (exact) mass is 302 g/mol. The summed E-state index contributed by atoms with van der Waals surface area (Å²) in [5.41, 5.74) is 1.38. The molecule has 2 aromatic rings. The summed E-state index contributed by atoms with van der Waals surface area (Å²) < 4.78 is 0. The van der Waals surface area contributed by atoms with E-state index in [1.165, 1.54) is 24.3 Å². The average molecular weight is 302 g/mol. The van der Waals surface area contributed by atoms with E-state index in [0.29, 0.717) is 5.56 Å². The summed E-state index contributed by atoms with van der Waals surface area (Å²) in [5, 5.41) is 47.2. The van der Waals surface area contributed by atoms with E-state index in [1.807, 2.05) is 0 Å². The number of aliphatic hydroxyl groups excluding tert-OH is 2. The first-order valence-electron chi connectivity index (χ1n) is 6.79. The van der Waals surface area contributed by atoms with Gasteiger partial charge in [0.1, 0.15) is 5.75 Å². The number of phenols is 3. The van der Waals surface area contributed by atoms with E-state index >= 15 is 0 Å². The second-order valence-electron chi connectivity index (χ2n) is 4.97. The van der Waals surface area contributed by atoms with Gasteiger partial charge in [0, 0.05) is 5.92 Å². The van der Waals surface area contributed by atoms with Crippen molar-refractivity contribution in [2.75, 3.05) is 6.61 Å². The molecule has 0 saturated carbocycles. The zero-order chi connectivity index (χ0) is 16.1. The second kappa shape index (κ2) is 6.98. The van der Waals surface area contributed by atoms with Crippen LogP contribution in [0, 0.1) is 0 Å². The summed E-state index contributed by atoms with van der Waals surface area (Å²) in [6.45, 7) is -0.406. The van der Waals surface area contributed by atoms with Crippen LogP contribution in [0.5, 0.6) is 17.2 Å². The molecule has 0 heterocycles. The quantitative estimate of drug-likeness (QED) is 0.543. The predicted molar refractivity (Wildman–Crippen MR) is 82.7 cm³/mol. The third kappa shape index (κ3) is 3.78. The number of hydrogen-bond acceptors (Lipinski definition) is 5. The van der Waals surface area contributed by atoms with Gasteiger partial charge in [-0.05, 0) is 35.4 Å². The summed E-state index contributed by atoms with van der Waals surface area (Å²) in [6, 6.07) is 10.7. The number of hydrogen-bond donors (Lipinski definition) is 5. The van der Waals surface area contributed by atoms with Crippen molar-refractivity contribution in [3.8, 4) is 17.2 Å². The minimum Gasteiger partial charge on any atom is -0.508 e. The summed E-state index contributed by atoms with van der Waals surface area (Å²) in [6.07, 6.45) is 2.38. The zero-order valence-electron chi connectivity index (χ0n) is 11.8. The molecule has 0 spiro atoms. The van der Waals surface area contributed by atoms with E-state index in [9.17, 15) is 25.5 Å². The molecule has 0 amide bonds. The molecule has 0 saturated heterocycles. The van der Waals surface area contributed by atoms with Crippen molar-refractivity contribution in [1.82, 2.24) is 0 Å². The molecular weight excluding hydrogens is 284 g/mol. The molecular formula is C17H18O5. The molecule has 0 aliphatic carbocycles. The predicted octanol–water partition coefficient (Wildman–Crippen LogP) is 1.95. The first kappa shape index (κ1) is 15.9. The zero-order valence-corrected chi connectivity index (χ0v) is 11.8. The smallest absolute Gasteiger partial charge is 0.157 e. The van der Waals surface area contributed by atoms with Crippen LogP contribution in [0.3, 0.4) is 0 Å². The molecule has 5 heteroatoms. The molecule has 0 fully saturated rings. The fourth-order valence-electron chi connectivity index (χ4n) is 2.13. The Hall–Kier alpha value is -2.50. The Morgan fingerprint density at radius 3 is 2.18 bits per heavy atom. The van der Waals surface area contributed by atoms with E-state index in [-0.39, 0.29) is 17.2 Å². The van der Waals surface area contributed by atoms with Crippen LogP contribution in [0.15, 0.2) is 48.5 Å². The minimum absolute atomic E-state index is 0.119. The molecule has 2 aromatic carbocycles. The highest BCUT2D eigenvalue weighted by Gasteiger charge is 2.17. The van der Waals surface area contributed by atoms with E-state index in [2.05, 4.69) is 0 Å². The third-order valence-electron chi connectivity index (χ3n) is 3.38. The van der Waals surface area contributed by atoms with Gasteiger partial charge in [-0.1, -0.05) is 30.4 Å². The van der Waals surface area contributed by atoms with Crippen LogP contribution in [0.4, 0.5) is 0 Å². The molecule has 0 aliphatic rings. The van der Waals surface area contributed by atoms with Crippen molar-refractivity contribution in [3.63, 3.8) is 0 Å². The Morgan fingerprint density at radius 1 is 0.909 bits per heavy atom. The van der Waals surface area contributed by atoms with Crippen LogP contribution in [0.2, 0.25) is 0 Å². The number of phenolic OH excluding ortho intramolecular Hbond substituents is 3. The van der Waals surface area contributed by atoms with Crippen LogP contribution in [-0.2, 0) is 0 Å². The number of rotatable bonds is 5. The van der Waals surface area contributed by atoms with Gasteiger partial charge in [0.2, 0.25) is 0 Å². The molecule has 0 unspecified atom stereocenters. The number of aromatic hydroxyl groups is 3. The lowest BCUT2D eigenvalue weighted by Crippen LogP contribution is -2.20. The van der Waals surface area contributed by atoms with E-state index in [0.717, 1.165) is 5.56 Å². The van der Waals surface area contributed by atoms with Gasteiger partial charge in [-0.25, -0.2) is 0 Å². The van der Waals surface area contributed by atoms with Crippen LogP contribution in [0.1, 0.15) is 17.0 Å². The van der Waals surface area contributed by atoms with Crippen LogP contribution >= 0.6 is 0 Å². The molecule has 0 aromatic heterocycles. The number of aliphatic hydroxyl groups is 2. The largest absolute Gasteiger partial charge is 0.508 e. The lowest BCUT2D eigenvalue weighted by atomic mass is 9.92. The van der Waals surface area contributed by atoms with Crippen molar-refractivity contribution < 1.29 is 25.5 Å². The van der Waals surface area contributed by atoms with E-state index < -0.39 is 18.6 Å². The Bertz CT molecular complexity index is 649. The summed E-state index contributed by atoms with van der Waals surface area (Å²) >= 11 is 0. The van der Waals surface area contributed by atoms with Gasteiger partial charge in [0.05, 0.1) is 12.7 Å². The average Bonchev–Trinajstić information content (AvgIpc) is 2.52. The maximum atomic E-state index is 9.96. The summed E-state index contributed by atoms with van der Waals surface area (Å²) in [4.78, 5) is 0. The van der Waals surface area contributed by atoms with Gasteiger partial charge < -0.3 is 25.5 Å². The maximum Gasteiger partial charge on any atom is 0.157 e. The first-order valence-corrected chi connectivity index (χ1v) is 6.79. The van der Waals surface area contributed by atoms with Crippen molar-refractivity contribution in [2.45, 2.75) is 12.0 Å². The van der Waals surface area contributed by atoms with Gasteiger partial charge in [-0.2, -0.15) is 0 Å². The highest BCUT2D eigenvalue weighted by atomic mass is 16.3. The van der Waals surface area contributed by atoms with Crippen LogP contribution < -0.4 is 0 Å². The van der Waals surface area contributed by atoms with Gasteiger partial charge in [-0.3, -0.25) is 0 Å². The van der Waals surface area contributed by atoms with E-state index in [4.69, 9.17) is 0 Å². The molecule has 5 nitrogen and oxygen atoms in total. The molecule has 5 N–H and O–H groups in total. The van der Waals surface area contributed by atoms with Crippen molar-refractivity contribution in [1.29, 1.82) is 0 Å². The van der Waals surface area contributed by atoms with Crippen molar-refractivity contribution >= 4 is 6.08 Å². The molecule has 0 aliphatic heterocycles. The summed E-state index contributed by atoms with van der Waals surface area (Å²) in [5.74, 6) is -0.788. The first-order chi connectivity index (χ1) is 10.5. The Morgan fingerprint density at radius 2 is 1.59 bits per heavy atom. The van der Waals surface area contributed by atoms with Crippen molar-refractivity contribution in [2.24, 2.45) is 0 Å². The Labute approximate surface area is 128 Å². The van der Waals surface area contributed by atoms with Gasteiger partial charge >= 0.3 is 0 Å². The summed E-state index contributed by atoms with van der Waals surface area (Å²) in [7, 11) is 0. The van der Waals surface area contributed by atoms with Crippen LogP contribution in [0.25, 0.3) is 6.08 Å². The minimum atomic E-state index is -0.994. The molecule has 116 valence electrons. The Kier molecular flexibility index (Phi) is 5.04. The lowest BCUT2D eigenvalue weighted by Gasteiger charge is -2.18. The molecule has 2 atom stereocenters. The third-order valence-corrected chi connectivity index (χ3v) is 3.38. The molecule has 2 rings (SSSR count). The molecule has 22 heavy (non-hydrogen) atoms. The maximum absolute atomic E-state index is 9.96. The topological polar surface area (TPSA) is 101 Å². The highest BCUT2D eigenvalue weighted by molar-refractivity contribution is 5.56. The fraction of sp³-hybridized carbons (Fsp3) is 0.176. The van der Waals surface area contributed by atoms with Gasteiger partial charge in [-0.15, -0.1) is 0 Å². The molecule has 0 radical (unpaired) electrons. The second-order valence-corrected chi connectivity index (χ2v) is 4.97. The standard InChI is InChI=1S/C17H18O5/c18-10-17(22)14(12-3-5-13(19)6-4-12)7-1-11-2-8-15(20)16(21)9-11/h1-9,14,17-22H,10H2/b7-1+/t14-,17+/m0/s1. The lowest BCUT2D eigenvalue weighted by molar-refractivity contribution is 0.0842.